The van der Waals surface area contributed by atoms with Crippen LogP contribution in [0.15, 0.2) is 11.8 Å². The largest absolute Gasteiger partial charge is 0.484 e. The molecule has 88 valence electrons. The van der Waals surface area contributed by atoms with Gasteiger partial charge < -0.3 is 14.6 Å². The minimum atomic E-state index is -0.441. The third kappa shape index (κ3) is 6.96. The Morgan fingerprint density at radius 3 is 2.60 bits per heavy atom. The fourth-order valence-corrected chi connectivity index (χ4v) is 0.960. The Hall–Kier alpha value is -1.03. The van der Waals surface area contributed by atoms with Crippen LogP contribution >= 0.6 is 0 Å². The number of ether oxygens (including phenoxy) is 2. The van der Waals surface area contributed by atoms with E-state index >= 15 is 0 Å². The first-order valence-electron chi connectivity index (χ1n) is 5.26. The first kappa shape index (κ1) is 14.0. The van der Waals surface area contributed by atoms with E-state index in [1.807, 2.05) is 13.8 Å². The molecule has 0 aliphatic carbocycles. The van der Waals surface area contributed by atoms with Crippen molar-refractivity contribution in [3.63, 3.8) is 0 Å². The first-order chi connectivity index (χ1) is 7.11. The molecule has 4 heteroatoms. The van der Waals surface area contributed by atoms with Crippen molar-refractivity contribution in [1.29, 1.82) is 0 Å². The topological polar surface area (TPSA) is 55.8 Å². The molecular formula is C11H20O4. The van der Waals surface area contributed by atoms with Crippen molar-refractivity contribution in [2.45, 2.75) is 39.7 Å². The Balaban J connectivity index is 4.28. The zero-order valence-corrected chi connectivity index (χ0v) is 9.66. The molecule has 0 bridgehead atoms. The highest BCUT2D eigenvalue weighted by Crippen LogP contribution is 2.07. The fraction of sp³-hybridized carbons (Fsp3) is 0.727. The van der Waals surface area contributed by atoms with Gasteiger partial charge in [-0.2, -0.15) is 0 Å². The van der Waals surface area contributed by atoms with Crippen LogP contribution in [0.3, 0.4) is 0 Å². The zero-order chi connectivity index (χ0) is 11.7. The molecule has 0 atom stereocenters. The van der Waals surface area contributed by atoms with Gasteiger partial charge in [-0.15, -0.1) is 0 Å². The van der Waals surface area contributed by atoms with Gasteiger partial charge in [0.05, 0.1) is 12.7 Å². The fourth-order valence-electron chi connectivity index (χ4n) is 0.960. The van der Waals surface area contributed by atoms with Gasteiger partial charge in [0.2, 0.25) is 5.76 Å². The molecule has 0 aliphatic heterocycles. The monoisotopic (exact) mass is 216 g/mol. The maximum Gasteiger partial charge on any atom is 0.373 e. The summed E-state index contributed by atoms with van der Waals surface area (Å²) in [7, 11) is 0. The van der Waals surface area contributed by atoms with E-state index in [-0.39, 0.29) is 18.5 Å². The van der Waals surface area contributed by atoms with Crippen molar-refractivity contribution in [3.8, 4) is 0 Å². The highest BCUT2D eigenvalue weighted by atomic mass is 16.6. The summed E-state index contributed by atoms with van der Waals surface area (Å²) in [6.45, 7) is 5.88. The number of allylic oxidation sites excluding steroid dienone is 1. The van der Waals surface area contributed by atoms with Crippen molar-refractivity contribution in [2.24, 2.45) is 0 Å². The van der Waals surface area contributed by atoms with Gasteiger partial charge in [0.25, 0.3) is 0 Å². The highest BCUT2D eigenvalue weighted by Gasteiger charge is 2.12. The Kier molecular flexibility index (Phi) is 7.72. The highest BCUT2D eigenvalue weighted by molar-refractivity contribution is 5.86. The third-order valence-electron chi connectivity index (χ3n) is 1.53. The van der Waals surface area contributed by atoms with Crippen molar-refractivity contribution in [3.05, 3.63) is 11.8 Å². The molecule has 0 heterocycles. The van der Waals surface area contributed by atoms with Gasteiger partial charge in [-0.1, -0.05) is 0 Å². The van der Waals surface area contributed by atoms with Gasteiger partial charge >= 0.3 is 5.97 Å². The normalized spacial score (nSPS) is 11.7. The second kappa shape index (κ2) is 8.29. The maximum atomic E-state index is 11.4. The molecule has 0 unspecified atom stereocenters. The van der Waals surface area contributed by atoms with E-state index in [0.29, 0.717) is 19.4 Å². The number of carbonyl (C=O) groups excluding carboxylic acids is 1. The molecule has 0 rings (SSSR count). The van der Waals surface area contributed by atoms with Crippen LogP contribution in [-0.4, -0.2) is 30.4 Å². The molecule has 0 aliphatic rings. The second-order valence-electron chi connectivity index (χ2n) is 3.32. The summed E-state index contributed by atoms with van der Waals surface area (Å²) in [5, 5.41) is 8.62. The van der Waals surface area contributed by atoms with Crippen LogP contribution in [0.25, 0.3) is 0 Å². The number of rotatable bonds is 7. The Morgan fingerprint density at radius 2 is 2.13 bits per heavy atom. The van der Waals surface area contributed by atoms with Crippen molar-refractivity contribution in [2.75, 3.05) is 13.2 Å². The van der Waals surface area contributed by atoms with E-state index in [4.69, 9.17) is 14.6 Å². The smallest absolute Gasteiger partial charge is 0.373 e. The van der Waals surface area contributed by atoms with E-state index in [9.17, 15) is 4.79 Å². The third-order valence-corrected chi connectivity index (χ3v) is 1.53. The quantitative estimate of drug-likeness (QED) is 0.304. The Morgan fingerprint density at radius 1 is 1.47 bits per heavy atom. The molecule has 0 spiro atoms. The molecule has 15 heavy (non-hydrogen) atoms. The van der Waals surface area contributed by atoms with E-state index in [1.165, 1.54) is 0 Å². The summed E-state index contributed by atoms with van der Waals surface area (Å²) in [4.78, 5) is 11.4. The molecule has 0 aromatic rings. The summed E-state index contributed by atoms with van der Waals surface area (Å²) < 4.78 is 10.2. The molecule has 4 nitrogen and oxygen atoms in total. The van der Waals surface area contributed by atoms with Crippen LogP contribution < -0.4 is 0 Å². The van der Waals surface area contributed by atoms with Gasteiger partial charge in [0.15, 0.2) is 0 Å². The van der Waals surface area contributed by atoms with Crippen LogP contribution in [-0.2, 0) is 14.3 Å². The number of hydrogen-bond acceptors (Lipinski definition) is 4. The molecule has 0 fully saturated rings. The van der Waals surface area contributed by atoms with Gasteiger partial charge in [-0.3, -0.25) is 0 Å². The minimum absolute atomic E-state index is 0.0604. The lowest BCUT2D eigenvalue weighted by molar-refractivity contribution is -0.143. The van der Waals surface area contributed by atoms with Gasteiger partial charge in [0.1, 0.15) is 0 Å². The van der Waals surface area contributed by atoms with Crippen molar-refractivity contribution in [1.82, 2.24) is 0 Å². The summed E-state index contributed by atoms with van der Waals surface area (Å²) >= 11 is 0. The predicted octanol–water partition coefficient (Wildman–Crippen LogP) is 1.63. The first-order valence-corrected chi connectivity index (χ1v) is 5.26. The number of unbranched alkanes of at least 4 members (excludes halogenated alkanes) is 1. The number of hydrogen-bond donors (Lipinski definition) is 1. The van der Waals surface area contributed by atoms with Crippen LogP contribution in [0.4, 0.5) is 0 Å². The van der Waals surface area contributed by atoms with Crippen LogP contribution in [0.5, 0.6) is 0 Å². The molecular weight excluding hydrogens is 196 g/mol. The van der Waals surface area contributed by atoms with Gasteiger partial charge in [-0.05, 0) is 39.7 Å². The summed E-state index contributed by atoms with van der Waals surface area (Å²) in [6, 6.07) is 0. The van der Waals surface area contributed by atoms with Crippen LogP contribution in [0.2, 0.25) is 0 Å². The number of aliphatic hydroxyl groups excluding tert-OH is 1. The molecule has 0 aromatic heterocycles. The zero-order valence-electron chi connectivity index (χ0n) is 9.66. The lowest BCUT2D eigenvalue weighted by Gasteiger charge is -2.12. The summed E-state index contributed by atoms with van der Waals surface area (Å²) in [6.07, 6.45) is 2.82. The molecule has 0 radical (unpaired) electrons. The molecule has 0 amide bonds. The molecule has 0 saturated carbocycles. The SMILES string of the molecule is CCOC(=O)/C(=C\CCCO)OC(C)C. The molecule has 0 saturated heterocycles. The average Bonchev–Trinajstić information content (AvgIpc) is 2.16. The van der Waals surface area contributed by atoms with Crippen LogP contribution in [0, 0.1) is 0 Å². The van der Waals surface area contributed by atoms with Gasteiger partial charge in [0, 0.05) is 6.61 Å². The van der Waals surface area contributed by atoms with Gasteiger partial charge in [-0.25, -0.2) is 4.79 Å². The number of aliphatic hydroxyl groups is 1. The maximum absolute atomic E-state index is 11.4. The molecule has 1 N–H and O–H groups in total. The summed E-state index contributed by atoms with van der Waals surface area (Å²) in [5.41, 5.74) is 0. The predicted molar refractivity (Wildman–Crippen MR) is 57.3 cm³/mol. The van der Waals surface area contributed by atoms with E-state index in [0.717, 1.165) is 0 Å². The second-order valence-corrected chi connectivity index (χ2v) is 3.32. The lowest BCUT2D eigenvalue weighted by atomic mass is 10.3. The van der Waals surface area contributed by atoms with E-state index in [1.54, 1.807) is 13.0 Å². The minimum Gasteiger partial charge on any atom is -0.484 e. The van der Waals surface area contributed by atoms with E-state index in [2.05, 4.69) is 0 Å². The summed E-state index contributed by atoms with van der Waals surface area (Å²) in [5.74, 6) is -0.204. The van der Waals surface area contributed by atoms with Crippen molar-refractivity contribution >= 4 is 5.97 Å². The number of carbonyl (C=O) groups is 1. The lowest BCUT2D eigenvalue weighted by Crippen LogP contribution is -2.14. The molecule has 0 aromatic carbocycles. The standard InChI is InChI=1S/C11H20O4/c1-4-14-11(13)10(15-9(2)3)7-5-6-8-12/h7,9,12H,4-6,8H2,1-3H3/b10-7+. The Labute approximate surface area is 90.9 Å². The van der Waals surface area contributed by atoms with Crippen molar-refractivity contribution < 1.29 is 19.4 Å². The Bertz CT molecular complexity index is 209. The number of esters is 1. The van der Waals surface area contributed by atoms with Crippen LogP contribution in [0.1, 0.15) is 33.6 Å². The van der Waals surface area contributed by atoms with E-state index < -0.39 is 5.97 Å². The average molecular weight is 216 g/mol.